The normalized spacial score (nSPS) is 15.3. The molecule has 1 aliphatic rings. The Hall–Kier alpha value is -13.0. The summed E-state index contributed by atoms with van der Waals surface area (Å²) in [4.78, 5) is 313. The van der Waals surface area contributed by atoms with E-state index in [-0.39, 0.29) is 56.9 Å². The first-order valence-electron chi connectivity index (χ1n) is 45.8. The van der Waals surface area contributed by atoms with Crippen molar-refractivity contribution in [2.24, 2.45) is 35.0 Å². The van der Waals surface area contributed by atoms with Crippen molar-refractivity contribution in [3.05, 3.63) is 35.9 Å². The number of aliphatic hydroxyl groups excluding tert-OH is 1. The van der Waals surface area contributed by atoms with E-state index in [0.717, 1.165) is 5.56 Å². The van der Waals surface area contributed by atoms with Gasteiger partial charge in [-0.25, -0.2) is 0 Å². The third-order valence-electron chi connectivity index (χ3n) is 22.2. The van der Waals surface area contributed by atoms with E-state index in [9.17, 15) is 115 Å². The SMILES string of the molecule is CC(=O)NC(C)(C)C(=O)N[C@@H](C)C(=O)N[C@@H](C)C(=O)N[C@@H](C)C(=O)NC(C)(C)C(=O)NC(C)(C)C(=O)N[C@@H](CCC(N)=O)C(=O)NC(C)(C)C(=O)N[C@@H](CC(C)C)C(=O)NC(C)(C)C(=O)NCC(=O)N[C@@H](CC(C)C)C(=O)NC(C)(C)C(=O)N1CCC[C@H]1C(=O)N[C@H](C(=O)NC(C)(C)C(=O)NC(C)(C)C(=O)N[C@@H](CCC(N)=O)C(=O)N[C@@H](CCC(N)=O)C(=O)N[C@H](CO)Cc1ccccc1)C(C)C. The Morgan fingerprint density at radius 3 is 1.14 bits per heavy atom. The number of amides is 23. The molecule has 0 bridgehead atoms. The first-order chi connectivity index (χ1) is 63.2. The van der Waals surface area contributed by atoms with E-state index >= 15 is 0 Å². The number of nitrogens with two attached hydrogens (primary N) is 3. The number of aliphatic hydroxyl groups is 1. The molecule has 1 aromatic carbocycles. The van der Waals surface area contributed by atoms with Gasteiger partial charge in [0.15, 0.2) is 0 Å². The van der Waals surface area contributed by atoms with Gasteiger partial charge in [-0.1, -0.05) is 71.9 Å². The molecule has 138 heavy (non-hydrogen) atoms. The van der Waals surface area contributed by atoms with Gasteiger partial charge in [0, 0.05) is 32.7 Å². The first-order valence-corrected chi connectivity index (χ1v) is 45.8. The number of primary amides is 3. The Labute approximate surface area is 805 Å². The van der Waals surface area contributed by atoms with Crippen LogP contribution in [0.3, 0.4) is 0 Å². The number of likely N-dealkylation sites (tertiary alicyclic amines) is 1. The van der Waals surface area contributed by atoms with Crippen LogP contribution in [0.25, 0.3) is 0 Å². The topological polar surface area (TPSA) is 723 Å². The van der Waals surface area contributed by atoms with E-state index in [1.807, 2.05) is 0 Å². The molecule has 1 fully saturated rings. The largest absolute Gasteiger partial charge is 0.394 e. The summed E-state index contributed by atoms with van der Waals surface area (Å²) >= 11 is 0. The van der Waals surface area contributed by atoms with Crippen LogP contribution in [0.4, 0.5) is 0 Å². The first kappa shape index (κ1) is 121. The summed E-state index contributed by atoms with van der Waals surface area (Å²) in [7, 11) is 0. The lowest BCUT2D eigenvalue weighted by molar-refractivity contribution is -0.146. The summed E-state index contributed by atoms with van der Waals surface area (Å²) in [5.74, 6) is -21.0. The third kappa shape index (κ3) is 39.6. The monoisotopic (exact) mass is 1950 g/mol. The van der Waals surface area contributed by atoms with Crippen LogP contribution in [0, 0.1) is 17.8 Å². The van der Waals surface area contributed by atoms with Gasteiger partial charge in [0.2, 0.25) is 136 Å². The molecule has 11 atom stereocenters. The molecular weight excluding hydrogens is 1800 g/mol. The lowest BCUT2D eigenvalue weighted by Crippen LogP contribution is -2.66. The lowest BCUT2D eigenvalue weighted by atomic mass is 9.96. The predicted molar refractivity (Wildman–Crippen MR) is 504 cm³/mol. The van der Waals surface area contributed by atoms with Crippen molar-refractivity contribution in [2.75, 3.05) is 19.7 Å². The van der Waals surface area contributed by atoms with Crippen LogP contribution in [-0.4, -0.2) is 276 Å². The number of hydrogen-bond donors (Lipinski definition) is 23. The molecule has 23 amide bonds. The highest BCUT2D eigenvalue weighted by molar-refractivity contribution is 6.05. The molecule has 1 aromatic rings. The van der Waals surface area contributed by atoms with Crippen molar-refractivity contribution in [3.8, 4) is 0 Å². The smallest absolute Gasteiger partial charge is 0.248 e. The molecule has 1 aliphatic heterocycles. The molecule has 2 rings (SSSR count). The fourth-order valence-corrected chi connectivity index (χ4v) is 13.8. The number of carbonyl (C=O) groups excluding carboxylic acids is 23. The average molecular weight is 1950 g/mol. The fourth-order valence-electron chi connectivity index (χ4n) is 13.8. The van der Waals surface area contributed by atoms with Crippen LogP contribution < -0.4 is 118 Å². The van der Waals surface area contributed by atoms with Gasteiger partial charge in [0.1, 0.15) is 105 Å². The minimum Gasteiger partial charge on any atom is -0.394 e. The van der Waals surface area contributed by atoms with Gasteiger partial charge >= 0.3 is 0 Å². The van der Waals surface area contributed by atoms with Crippen LogP contribution >= 0.6 is 0 Å². The minimum absolute atomic E-state index is 0.00643. The maximum Gasteiger partial charge on any atom is 0.248 e. The predicted octanol–water partition coefficient (Wildman–Crippen LogP) is -5.04. The molecule has 1 saturated heterocycles. The zero-order valence-electron chi connectivity index (χ0n) is 84.4. The second-order valence-corrected chi connectivity index (χ2v) is 40.4. The molecule has 47 nitrogen and oxygen atoms in total. The number of rotatable bonds is 55. The number of carbonyl (C=O) groups is 23. The number of hydrogen-bond acceptors (Lipinski definition) is 24. The van der Waals surface area contributed by atoms with Crippen molar-refractivity contribution in [2.45, 2.75) is 361 Å². The highest BCUT2D eigenvalue weighted by atomic mass is 16.3. The zero-order valence-corrected chi connectivity index (χ0v) is 84.4. The highest BCUT2D eigenvalue weighted by Crippen LogP contribution is 2.25. The molecule has 0 radical (unpaired) electrons. The zero-order chi connectivity index (χ0) is 106. The maximum atomic E-state index is 14.6. The molecule has 0 aromatic heterocycles. The molecule has 26 N–H and O–H groups in total. The molecule has 0 aliphatic carbocycles. The Bertz CT molecular complexity index is 4620. The van der Waals surface area contributed by atoms with Gasteiger partial charge < -0.3 is 128 Å². The Morgan fingerprint density at radius 2 is 0.717 bits per heavy atom. The standard InChI is InChI=1S/C91H151N23O24/c1-46(2)41-58(72(127)110-91(25,26)83(138)114-40-30-33-60(114)74(129)105-65(48(5)6)75(130)111-90(23,24)82(137)113-87(17,18)79(134)102-56(35-38-62(93)118)70(125)101-55(34-37-61(92)117)69(124)99-54(45-115)43-53-31-28-27-29-32-53)100-64(120)44-95-76(131)84(11,12)109-73(128)59(42-47(3)4)104-78(133)86(15,16)108-71(126)57(36-39-63(94)119)103-80(135)88(19,20)112-81(136)89(21,22)107-68(123)51(9)97-66(121)49(7)96-67(122)50(8)98-77(132)85(13,14)106-52(10)116/h27-29,31-32,46-51,54-60,65,115H,30,33-45H2,1-26H3,(H2,92,117)(H2,93,118)(H2,94,119)(H,95,131)(H,96,122)(H,97,121)(H,98,132)(H,99,124)(H,100,120)(H,101,125)(H,102,134)(H,103,135)(H,104,133)(H,105,129)(H,106,116)(H,107,123)(H,108,126)(H,109,128)(H,110,127)(H,111,130)(H,112,136)(H,113,137)/t49-,50-,51-,54-,55-,56-,57-,58-,59-,60-,65-/m0/s1. The van der Waals surface area contributed by atoms with E-state index in [0.29, 0.717) is 6.42 Å². The van der Waals surface area contributed by atoms with Gasteiger partial charge in [0.25, 0.3) is 0 Å². The van der Waals surface area contributed by atoms with Crippen molar-refractivity contribution >= 4 is 136 Å². The Balaban J connectivity index is 2.19. The average Bonchev–Trinajstić information content (AvgIpc) is 1.57. The maximum absolute atomic E-state index is 14.6. The van der Waals surface area contributed by atoms with E-state index in [1.165, 1.54) is 143 Å². The molecule has 1 heterocycles. The second kappa shape index (κ2) is 52.0. The fraction of sp³-hybridized carbons (Fsp3) is 0.681. The molecule has 0 saturated carbocycles. The van der Waals surface area contributed by atoms with E-state index in [1.54, 1.807) is 71.9 Å². The molecular formula is C91H151N23O24. The molecule has 0 spiro atoms. The van der Waals surface area contributed by atoms with Gasteiger partial charge in [-0.05, 0) is 206 Å². The van der Waals surface area contributed by atoms with Crippen molar-refractivity contribution in [3.63, 3.8) is 0 Å². The number of benzene rings is 1. The summed E-state index contributed by atoms with van der Waals surface area (Å²) in [6, 6.07) is -5.61. The van der Waals surface area contributed by atoms with Gasteiger partial charge in [0.05, 0.1) is 19.2 Å². The van der Waals surface area contributed by atoms with Crippen LogP contribution in [0.1, 0.15) is 250 Å². The lowest BCUT2D eigenvalue weighted by Gasteiger charge is -2.36. The number of nitrogens with one attached hydrogen (secondary N) is 19. The van der Waals surface area contributed by atoms with Gasteiger partial charge in [-0.3, -0.25) is 110 Å². The van der Waals surface area contributed by atoms with Gasteiger partial charge in [-0.2, -0.15) is 0 Å². The molecule has 774 valence electrons. The summed E-state index contributed by atoms with van der Waals surface area (Å²) in [6.07, 6.45) is -1.84. The third-order valence-corrected chi connectivity index (χ3v) is 22.2. The summed E-state index contributed by atoms with van der Waals surface area (Å²) in [5, 5.41) is 58.2. The van der Waals surface area contributed by atoms with Crippen molar-refractivity contribution in [1.82, 2.24) is 106 Å². The van der Waals surface area contributed by atoms with E-state index in [2.05, 4.69) is 101 Å². The second-order valence-electron chi connectivity index (χ2n) is 40.4. The quantitative estimate of drug-likeness (QED) is 0.0290. The molecule has 0 unspecified atom stereocenters. The highest BCUT2D eigenvalue weighted by Gasteiger charge is 2.48. The summed E-state index contributed by atoms with van der Waals surface area (Å²) in [5.41, 5.74) is 2.71. The Kier molecular flexibility index (Phi) is 45.6. The van der Waals surface area contributed by atoms with Crippen LogP contribution in [0.2, 0.25) is 0 Å². The van der Waals surface area contributed by atoms with Crippen molar-refractivity contribution < 1.29 is 115 Å². The van der Waals surface area contributed by atoms with Crippen LogP contribution in [-0.2, 0) is 117 Å². The Morgan fingerprint density at radius 1 is 0.370 bits per heavy atom. The summed E-state index contributed by atoms with van der Waals surface area (Å²) < 4.78 is 0. The van der Waals surface area contributed by atoms with Gasteiger partial charge in [-0.15, -0.1) is 0 Å². The van der Waals surface area contributed by atoms with E-state index in [4.69, 9.17) is 17.2 Å². The number of nitrogens with zero attached hydrogens (tertiary/aromatic N) is 1. The van der Waals surface area contributed by atoms with Crippen LogP contribution in [0.15, 0.2) is 30.3 Å². The van der Waals surface area contributed by atoms with E-state index < -0.39 is 291 Å². The van der Waals surface area contributed by atoms with Crippen LogP contribution in [0.5, 0.6) is 0 Å². The summed E-state index contributed by atoms with van der Waals surface area (Å²) in [6.45, 7) is 35.0. The van der Waals surface area contributed by atoms with Crippen molar-refractivity contribution in [1.29, 1.82) is 0 Å². The molecule has 47 heteroatoms. The minimum atomic E-state index is -1.92.